The second kappa shape index (κ2) is 10.2. The van der Waals surface area contributed by atoms with E-state index < -0.39 is 17.7 Å². The second-order valence-electron chi connectivity index (χ2n) is 12.9. The Labute approximate surface area is 253 Å². The molecule has 2 saturated heterocycles. The fraction of sp³-hybridized carbons (Fsp3) is 0.455. The third-order valence-corrected chi connectivity index (χ3v) is 10.8. The van der Waals surface area contributed by atoms with Crippen molar-refractivity contribution >= 4 is 33.6 Å². The molecule has 2 aromatic carbocycles. The van der Waals surface area contributed by atoms with E-state index in [1.165, 1.54) is 12.3 Å². The van der Waals surface area contributed by atoms with E-state index in [4.69, 9.17) is 9.72 Å². The first-order valence-electron chi connectivity index (χ1n) is 15.5. The summed E-state index contributed by atoms with van der Waals surface area (Å²) in [6.07, 6.45) is 8.24. The van der Waals surface area contributed by atoms with Gasteiger partial charge in [0, 0.05) is 34.6 Å². The summed E-state index contributed by atoms with van der Waals surface area (Å²) in [7, 11) is 0. The van der Waals surface area contributed by atoms with Crippen LogP contribution in [0.25, 0.3) is 32.9 Å². The number of rotatable bonds is 7. The highest BCUT2D eigenvalue weighted by atomic mass is 19.1. The number of halogens is 2. The van der Waals surface area contributed by atoms with Gasteiger partial charge in [-0.05, 0) is 69.5 Å². The number of anilines is 1. The van der Waals surface area contributed by atoms with Crippen LogP contribution in [0.2, 0.25) is 0 Å². The molecular formula is C33H34F2N6O3. The Kier molecular flexibility index (Phi) is 6.37. The number of carbonyl (C=O) groups is 1. The maximum atomic E-state index is 16.6. The third-order valence-electron chi connectivity index (χ3n) is 10.8. The molecule has 2 aliphatic carbocycles. The van der Waals surface area contributed by atoms with Gasteiger partial charge in [-0.1, -0.05) is 36.8 Å². The molecule has 1 amide bonds. The molecule has 4 aromatic rings. The van der Waals surface area contributed by atoms with Crippen molar-refractivity contribution < 1.29 is 23.4 Å². The zero-order valence-electron chi connectivity index (χ0n) is 24.3. The Morgan fingerprint density at radius 3 is 2.52 bits per heavy atom. The molecular weight excluding hydrogens is 566 g/mol. The van der Waals surface area contributed by atoms with Gasteiger partial charge in [0.05, 0.1) is 10.9 Å². The Morgan fingerprint density at radius 1 is 1.02 bits per heavy atom. The summed E-state index contributed by atoms with van der Waals surface area (Å²) >= 11 is 0. The van der Waals surface area contributed by atoms with Crippen molar-refractivity contribution in [3.05, 3.63) is 54.2 Å². The predicted octanol–water partition coefficient (Wildman–Crippen LogP) is 6.12. The van der Waals surface area contributed by atoms with Gasteiger partial charge in [0.15, 0.2) is 5.82 Å². The first kappa shape index (κ1) is 27.4. The molecule has 9 nitrogen and oxygen atoms in total. The van der Waals surface area contributed by atoms with Crippen LogP contribution in [-0.2, 0) is 0 Å². The molecule has 2 unspecified atom stereocenters. The van der Waals surface area contributed by atoms with E-state index in [0.717, 1.165) is 58.0 Å². The monoisotopic (exact) mass is 600 g/mol. The average molecular weight is 601 g/mol. The van der Waals surface area contributed by atoms with Crippen molar-refractivity contribution in [1.82, 2.24) is 25.2 Å². The Hall–Kier alpha value is -4.12. The molecule has 4 aliphatic rings. The van der Waals surface area contributed by atoms with Crippen LogP contribution in [0.1, 0.15) is 51.4 Å². The van der Waals surface area contributed by atoms with E-state index in [9.17, 15) is 9.90 Å². The molecule has 1 spiro atoms. The van der Waals surface area contributed by atoms with Gasteiger partial charge in [0.1, 0.15) is 29.5 Å². The van der Waals surface area contributed by atoms with Gasteiger partial charge < -0.3 is 20.5 Å². The SMILES string of the molecule is O=C(O)NC1CC(Nc2nc(OCC34CCCN3CCC4)nc3c(F)c(-c4cccc5cccc(F)c45)ncc23)C12CCC2. The molecule has 44 heavy (non-hydrogen) atoms. The minimum absolute atomic E-state index is 0.00462. The highest BCUT2D eigenvalue weighted by Crippen LogP contribution is 2.57. The molecule has 3 N–H and O–H groups in total. The normalized spacial score (nSPS) is 23.3. The quantitative estimate of drug-likeness (QED) is 0.233. The highest BCUT2D eigenvalue weighted by molar-refractivity contribution is 5.99. The maximum absolute atomic E-state index is 16.6. The average Bonchev–Trinajstić information content (AvgIpc) is 3.55. The van der Waals surface area contributed by atoms with Crippen LogP contribution in [0, 0.1) is 17.0 Å². The smallest absolute Gasteiger partial charge is 0.404 e. The van der Waals surface area contributed by atoms with Crippen molar-refractivity contribution in [1.29, 1.82) is 0 Å². The van der Waals surface area contributed by atoms with Gasteiger partial charge in [-0.2, -0.15) is 9.97 Å². The van der Waals surface area contributed by atoms with Crippen LogP contribution in [0.4, 0.5) is 19.4 Å². The van der Waals surface area contributed by atoms with Crippen molar-refractivity contribution in [2.24, 2.45) is 5.41 Å². The predicted molar refractivity (Wildman–Crippen MR) is 162 cm³/mol. The van der Waals surface area contributed by atoms with E-state index in [1.807, 2.05) is 0 Å². The number of fused-ring (bicyclic) bond motifs is 3. The molecule has 2 aliphatic heterocycles. The molecule has 8 rings (SSSR count). The van der Waals surface area contributed by atoms with Crippen molar-refractivity contribution in [3.8, 4) is 17.3 Å². The molecule has 2 saturated carbocycles. The number of amides is 1. The lowest BCUT2D eigenvalue weighted by atomic mass is 9.50. The number of nitrogens with zero attached hydrogens (tertiary/aromatic N) is 4. The second-order valence-corrected chi connectivity index (χ2v) is 12.9. The number of nitrogens with one attached hydrogen (secondary N) is 2. The zero-order valence-corrected chi connectivity index (χ0v) is 24.3. The largest absolute Gasteiger partial charge is 0.465 e. The molecule has 0 bridgehead atoms. The lowest BCUT2D eigenvalue weighted by Crippen LogP contribution is -2.69. The molecule has 2 aromatic heterocycles. The summed E-state index contributed by atoms with van der Waals surface area (Å²) in [4.78, 5) is 27.7. The fourth-order valence-electron chi connectivity index (χ4n) is 8.34. The number of hydrogen-bond donors (Lipinski definition) is 3. The van der Waals surface area contributed by atoms with Gasteiger partial charge in [0.25, 0.3) is 0 Å². The van der Waals surface area contributed by atoms with E-state index in [2.05, 4.69) is 25.5 Å². The van der Waals surface area contributed by atoms with Gasteiger partial charge in [0.2, 0.25) is 0 Å². The minimum atomic E-state index is -1.03. The van der Waals surface area contributed by atoms with Crippen LogP contribution in [0.3, 0.4) is 0 Å². The van der Waals surface area contributed by atoms with E-state index in [0.29, 0.717) is 40.6 Å². The maximum Gasteiger partial charge on any atom is 0.404 e. The Balaban J connectivity index is 1.20. The topological polar surface area (TPSA) is 112 Å². The lowest BCUT2D eigenvalue weighted by Gasteiger charge is -2.61. The number of pyridine rings is 1. The first-order valence-corrected chi connectivity index (χ1v) is 15.5. The standard InChI is InChI=1S/C33H34F2N6O3/c34-22-9-2-7-19-6-1-8-20(25(19)22)27-26(35)28-21(17-36-27)29(37-23-16-24(38-31(42)43)33(23)12-3-13-33)40-30(39-28)44-18-32-10-4-14-41(32)15-5-11-32/h1-2,6-9,17,23-24,38H,3-5,10-16,18H2,(H,42,43)(H,37,39,40). The Morgan fingerprint density at radius 2 is 1.80 bits per heavy atom. The molecule has 228 valence electrons. The summed E-state index contributed by atoms with van der Waals surface area (Å²) in [5.74, 6) is -0.720. The Bertz CT molecular complexity index is 1780. The molecule has 4 heterocycles. The number of carboxylic acid groups (broad SMARTS) is 1. The van der Waals surface area contributed by atoms with Crippen molar-refractivity contribution in [3.63, 3.8) is 0 Å². The molecule has 2 atom stereocenters. The highest BCUT2D eigenvalue weighted by Gasteiger charge is 2.59. The first-order chi connectivity index (χ1) is 21.4. The van der Waals surface area contributed by atoms with Gasteiger partial charge >= 0.3 is 12.1 Å². The van der Waals surface area contributed by atoms with Crippen LogP contribution in [0.5, 0.6) is 6.01 Å². The number of ether oxygens (including phenoxy) is 1. The van der Waals surface area contributed by atoms with Gasteiger partial charge in [-0.3, -0.25) is 9.88 Å². The number of aromatic nitrogens is 3. The van der Waals surface area contributed by atoms with Crippen LogP contribution in [-0.4, -0.2) is 68.4 Å². The van der Waals surface area contributed by atoms with Crippen LogP contribution in [0.15, 0.2) is 42.6 Å². The molecule has 0 radical (unpaired) electrons. The molecule has 4 fully saturated rings. The summed E-state index contributed by atoms with van der Waals surface area (Å²) in [6, 6.07) is 9.86. The number of hydrogen-bond acceptors (Lipinski definition) is 7. The fourth-order valence-corrected chi connectivity index (χ4v) is 8.34. The van der Waals surface area contributed by atoms with Crippen molar-refractivity contribution in [2.75, 3.05) is 25.0 Å². The van der Waals surface area contributed by atoms with E-state index in [1.54, 1.807) is 30.3 Å². The van der Waals surface area contributed by atoms with Gasteiger partial charge in [-0.25, -0.2) is 13.6 Å². The van der Waals surface area contributed by atoms with Crippen LogP contribution >= 0.6 is 0 Å². The van der Waals surface area contributed by atoms with E-state index >= 15 is 8.78 Å². The summed E-state index contributed by atoms with van der Waals surface area (Å²) in [5.41, 5.74) is 0.136. The minimum Gasteiger partial charge on any atom is -0.465 e. The van der Waals surface area contributed by atoms with Crippen LogP contribution < -0.4 is 15.4 Å². The van der Waals surface area contributed by atoms with Gasteiger partial charge in [-0.15, -0.1) is 0 Å². The summed E-state index contributed by atoms with van der Waals surface area (Å²) < 4.78 is 37.9. The van der Waals surface area contributed by atoms with E-state index in [-0.39, 0.29) is 40.3 Å². The lowest BCUT2D eigenvalue weighted by molar-refractivity contribution is -0.0304. The molecule has 11 heteroatoms. The number of benzene rings is 2. The van der Waals surface area contributed by atoms with Crippen molar-refractivity contribution in [2.45, 2.75) is 69.0 Å². The summed E-state index contributed by atoms with van der Waals surface area (Å²) in [5, 5.41) is 16.9. The zero-order chi connectivity index (χ0) is 30.1. The summed E-state index contributed by atoms with van der Waals surface area (Å²) in [6.45, 7) is 2.52. The third kappa shape index (κ3) is 4.19.